The van der Waals surface area contributed by atoms with Gasteiger partial charge in [0.15, 0.2) is 0 Å². The zero-order valence-corrected chi connectivity index (χ0v) is 13.1. The smallest absolute Gasteiger partial charge is 0.311 e. The predicted octanol–water partition coefficient (Wildman–Crippen LogP) is 3.35. The predicted molar refractivity (Wildman–Crippen MR) is 86.0 cm³/mol. The van der Waals surface area contributed by atoms with Crippen molar-refractivity contribution in [3.63, 3.8) is 0 Å². The van der Waals surface area contributed by atoms with Gasteiger partial charge in [0, 0.05) is 18.7 Å². The molecule has 5 heteroatoms. The Morgan fingerprint density at radius 3 is 2.59 bits per heavy atom. The number of carbonyl (C=O) groups excluding carboxylic acids is 1. The number of carboxylic acid groups (broad SMARTS) is 1. The van der Waals surface area contributed by atoms with E-state index in [9.17, 15) is 14.7 Å². The molecule has 0 saturated carbocycles. The van der Waals surface area contributed by atoms with Gasteiger partial charge in [0.25, 0.3) is 5.91 Å². The normalized spacial score (nSPS) is 21.0. The summed E-state index contributed by atoms with van der Waals surface area (Å²) in [7, 11) is 0. The lowest BCUT2D eigenvalue weighted by Crippen LogP contribution is -2.34. The van der Waals surface area contributed by atoms with E-state index in [1.165, 1.54) is 11.3 Å². The van der Waals surface area contributed by atoms with Gasteiger partial charge in [-0.05, 0) is 30.4 Å². The van der Waals surface area contributed by atoms with E-state index in [4.69, 9.17) is 0 Å². The van der Waals surface area contributed by atoms with Crippen molar-refractivity contribution in [3.8, 4) is 11.1 Å². The van der Waals surface area contributed by atoms with E-state index < -0.39 is 11.4 Å². The van der Waals surface area contributed by atoms with Crippen LogP contribution in [0.1, 0.15) is 23.0 Å². The van der Waals surface area contributed by atoms with Gasteiger partial charge in [0.05, 0.1) is 10.3 Å². The first-order valence-corrected chi connectivity index (χ1v) is 8.05. The Labute approximate surface area is 133 Å². The maximum atomic E-state index is 12.8. The molecule has 2 heterocycles. The molecule has 22 heavy (non-hydrogen) atoms. The summed E-state index contributed by atoms with van der Waals surface area (Å²) in [6.45, 7) is 2.47. The van der Waals surface area contributed by atoms with Crippen LogP contribution in [-0.4, -0.2) is 35.0 Å². The monoisotopic (exact) mass is 315 g/mol. The molecule has 0 aliphatic carbocycles. The fourth-order valence-corrected chi connectivity index (χ4v) is 3.66. The van der Waals surface area contributed by atoms with E-state index in [1.54, 1.807) is 11.8 Å². The van der Waals surface area contributed by atoms with Gasteiger partial charge in [0.1, 0.15) is 0 Å². The van der Waals surface area contributed by atoms with E-state index in [2.05, 4.69) is 0 Å². The molecule has 1 aliphatic rings. The number of nitrogens with zero attached hydrogens (tertiary/aromatic N) is 1. The minimum absolute atomic E-state index is 0.0705. The van der Waals surface area contributed by atoms with Crippen LogP contribution >= 0.6 is 11.3 Å². The SMILES string of the molecule is CC1(C(=O)O)CCN(C(=O)c2sccc2-c2ccccc2)C1. The van der Waals surface area contributed by atoms with Crippen LogP contribution in [0, 0.1) is 5.41 Å². The molecule has 1 unspecified atom stereocenters. The second-order valence-electron chi connectivity index (χ2n) is 5.87. The summed E-state index contributed by atoms with van der Waals surface area (Å²) in [5.41, 5.74) is 1.09. The van der Waals surface area contributed by atoms with Gasteiger partial charge in [-0.3, -0.25) is 9.59 Å². The Kier molecular flexibility index (Phi) is 3.74. The minimum Gasteiger partial charge on any atom is -0.481 e. The van der Waals surface area contributed by atoms with Gasteiger partial charge >= 0.3 is 5.97 Å². The Bertz CT molecular complexity index is 710. The van der Waals surface area contributed by atoms with Crippen LogP contribution in [0.25, 0.3) is 11.1 Å². The largest absolute Gasteiger partial charge is 0.481 e. The van der Waals surface area contributed by atoms with Crippen LogP contribution in [-0.2, 0) is 4.79 Å². The van der Waals surface area contributed by atoms with Gasteiger partial charge in [-0.15, -0.1) is 11.3 Å². The second kappa shape index (κ2) is 5.57. The number of likely N-dealkylation sites (tertiary alicyclic amines) is 1. The molecule has 4 nitrogen and oxygen atoms in total. The van der Waals surface area contributed by atoms with Crippen LogP contribution in [0.2, 0.25) is 0 Å². The number of carboxylic acids is 1. The number of benzene rings is 1. The van der Waals surface area contributed by atoms with Gasteiger partial charge in [-0.1, -0.05) is 30.3 Å². The third-order valence-corrected chi connectivity index (χ3v) is 5.12. The number of hydrogen-bond acceptors (Lipinski definition) is 3. The molecular formula is C17H17NO3S. The molecule has 1 aromatic heterocycles. The topological polar surface area (TPSA) is 57.6 Å². The highest BCUT2D eigenvalue weighted by molar-refractivity contribution is 7.12. The third kappa shape index (κ3) is 2.52. The van der Waals surface area contributed by atoms with Gasteiger partial charge in [-0.25, -0.2) is 0 Å². The van der Waals surface area contributed by atoms with E-state index in [0.29, 0.717) is 17.8 Å². The summed E-state index contributed by atoms with van der Waals surface area (Å²) in [6.07, 6.45) is 0.500. The minimum atomic E-state index is -0.836. The van der Waals surface area contributed by atoms with Crippen molar-refractivity contribution in [1.82, 2.24) is 4.90 Å². The Balaban J connectivity index is 1.86. The molecule has 1 N–H and O–H groups in total. The first-order chi connectivity index (χ1) is 10.5. The highest BCUT2D eigenvalue weighted by Gasteiger charge is 2.42. The molecule has 1 amide bonds. The standard InChI is InChI=1S/C17H17NO3S/c1-17(16(20)21)8-9-18(11-17)15(19)14-13(7-10-22-14)12-5-3-2-4-6-12/h2-7,10H,8-9,11H2,1H3,(H,20,21). The van der Waals surface area contributed by atoms with Crippen molar-refractivity contribution in [2.45, 2.75) is 13.3 Å². The highest BCUT2D eigenvalue weighted by atomic mass is 32.1. The van der Waals surface area contributed by atoms with E-state index in [-0.39, 0.29) is 12.5 Å². The van der Waals surface area contributed by atoms with Gasteiger partial charge in [-0.2, -0.15) is 0 Å². The van der Waals surface area contributed by atoms with Crippen LogP contribution < -0.4 is 0 Å². The van der Waals surface area contributed by atoms with Crippen molar-refractivity contribution < 1.29 is 14.7 Å². The molecule has 114 valence electrons. The molecule has 0 bridgehead atoms. The summed E-state index contributed by atoms with van der Waals surface area (Å²) in [6, 6.07) is 11.7. The lowest BCUT2D eigenvalue weighted by molar-refractivity contribution is -0.147. The highest BCUT2D eigenvalue weighted by Crippen LogP contribution is 2.34. The first-order valence-electron chi connectivity index (χ1n) is 7.17. The maximum Gasteiger partial charge on any atom is 0.311 e. The zero-order valence-electron chi connectivity index (χ0n) is 12.3. The van der Waals surface area contributed by atoms with Crippen LogP contribution in [0.4, 0.5) is 0 Å². The molecule has 1 aromatic carbocycles. The quantitative estimate of drug-likeness (QED) is 0.945. The van der Waals surface area contributed by atoms with Crippen molar-refractivity contribution in [1.29, 1.82) is 0 Å². The van der Waals surface area contributed by atoms with Crippen LogP contribution in [0.3, 0.4) is 0 Å². The number of thiophene rings is 1. The molecular weight excluding hydrogens is 298 g/mol. The van der Waals surface area contributed by atoms with Gasteiger partial charge in [0.2, 0.25) is 0 Å². The number of amides is 1. The zero-order chi connectivity index (χ0) is 15.7. The molecule has 1 fully saturated rings. The number of hydrogen-bond donors (Lipinski definition) is 1. The maximum absolute atomic E-state index is 12.8. The fraction of sp³-hybridized carbons (Fsp3) is 0.294. The molecule has 3 rings (SSSR count). The summed E-state index contributed by atoms with van der Waals surface area (Å²) in [5, 5.41) is 11.2. The van der Waals surface area contributed by atoms with Crippen molar-refractivity contribution in [2.24, 2.45) is 5.41 Å². The molecule has 1 atom stereocenters. The molecule has 2 aromatic rings. The fourth-order valence-electron chi connectivity index (χ4n) is 2.77. The average molecular weight is 315 g/mol. The second-order valence-corrected chi connectivity index (χ2v) is 6.79. The van der Waals surface area contributed by atoms with Crippen LogP contribution in [0.15, 0.2) is 41.8 Å². The lowest BCUT2D eigenvalue weighted by atomic mass is 9.90. The molecule has 1 saturated heterocycles. The summed E-state index contributed by atoms with van der Waals surface area (Å²) < 4.78 is 0. The van der Waals surface area contributed by atoms with Crippen molar-refractivity contribution in [2.75, 3.05) is 13.1 Å². The first kappa shape index (κ1) is 14.8. The Morgan fingerprint density at radius 1 is 1.23 bits per heavy atom. The van der Waals surface area contributed by atoms with E-state index in [1.807, 2.05) is 41.8 Å². The summed E-state index contributed by atoms with van der Waals surface area (Å²) in [5.74, 6) is -0.906. The summed E-state index contributed by atoms with van der Waals surface area (Å²) in [4.78, 5) is 26.4. The number of carbonyl (C=O) groups is 2. The number of rotatable bonds is 3. The van der Waals surface area contributed by atoms with Gasteiger partial charge < -0.3 is 10.0 Å². The lowest BCUT2D eigenvalue weighted by Gasteiger charge is -2.20. The average Bonchev–Trinajstić information content (AvgIpc) is 3.15. The molecule has 0 spiro atoms. The van der Waals surface area contributed by atoms with E-state index >= 15 is 0 Å². The van der Waals surface area contributed by atoms with Crippen molar-refractivity contribution in [3.05, 3.63) is 46.7 Å². The Hall–Kier alpha value is -2.14. The van der Waals surface area contributed by atoms with Crippen molar-refractivity contribution >= 4 is 23.2 Å². The molecule has 1 aliphatic heterocycles. The summed E-state index contributed by atoms with van der Waals surface area (Å²) >= 11 is 1.41. The molecule has 0 radical (unpaired) electrons. The third-order valence-electron chi connectivity index (χ3n) is 4.22. The number of aliphatic carboxylic acids is 1. The Morgan fingerprint density at radius 2 is 1.95 bits per heavy atom. The van der Waals surface area contributed by atoms with E-state index in [0.717, 1.165) is 11.1 Å². The van der Waals surface area contributed by atoms with Crippen LogP contribution in [0.5, 0.6) is 0 Å².